The number of likely N-dealkylation sites (tertiary alicyclic amines) is 1. The number of carbonyl (C=O) groups excluding carboxylic acids is 2. The molecule has 5 rings (SSSR count). The minimum absolute atomic E-state index is 0.0407. The van der Waals surface area contributed by atoms with E-state index in [1.54, 1.807) is 11.8 Å². The molecule has 2 saturated carbocycles. The maximum atomic E-state index is 13.1. The lowest BCUT2D eigenvalue weighted by molar-refractivity contribution is -0.142. The van der Waals surface area contributed by atoms with E-state index in [2.05, 4.69) is 18.8 Å². The number of hydrogen-bond donors (Lipinski definition) is 2. The Balaban J connectivity index is 1.46. The number of hydrogen-bond acceptors (Lipinski definition) is 6. The van der Waals surface area contributed by atoms with Gasteiger partial charge in [0, 0.05) is 28.5 Å². The van der Waals surface area contributed by atoms with Crippen LogP contribution in [0.25, 0.3) is 0 Å². The van der Waals surface area contributed by atoms with E-state index in [-0.39, 0.29) is 69.9 Å². The van der Waals surface area contributed by atoms with Gasteiger partial charge in [-0.1, -0.05) is 25.2 Å². The summed E-state index contributed by atoms with van der Waals surface area (Å²) in [6, 6.07) is 0. The Morgan fingerprint density at radius 1 is 1.21 bits per heavy atom. The lowest BCUT2D eigenvalue weighted by Gasteiger charge is -2.47. The topological polar surface area (TPSA) is 108 Å². The van der Waals surface area contributed by atoms with E-state index in [1.807, 2.05) is 0 Å². The van der Waals surface area contributed by atoms with Gasteiger partial charge in [-0.15, -0.1) is 11.8 Å². The predicted molar refractivity (Wildman–Crippen MR) is 103 cm³/mol. The van der Waals surface area contributed by atoms with Crippen molar-refractivity contribution in [3.63, 3.8) is 0 Å². The molecule has 0 aromatic carbocycles. The van der Waals surface area contributed by atoms with E-state index in [0.717, 1.165) is 16.3 Å². The van der Waals surface area contributed by atoms with Gasteiger partial charge in [-0.25, -0.2) is 0 Å². The molecule has 1 saturated heterocycles. The van der Waals surface area contributed by atoms with Crippen LogP contribution in [-0.2, 0) is 19.8 Å². The summed E-state index contributed by atoms with van der Waals surface area (Å²) < 4.78 is 0. The first-order valence-electron chi connectivity index (χ1n) is 9.69. The number of aromatic nitrogens is 1. The molecule has 28 heavy (non-hydrogen) atoms. The Labute approximate surface area is 169 Å². The van der Waals surface area contributed by atoms with Gasteiger partial charge >= 0.3 is 10.8 Å². The van der Waals surface area contributed by atoms with E-state index in [0.29, 0.717) is 6.42 Å². The number of carbonyl (C=O) groups is 3. The molecule has 2 N–H and O–H groups in total. The number of thioether (sulfide) groups is 1. The van der Waals surface area contributed by atoms with Gasteiger partial charge < -0.3 is 10.1 Å². The zero-order valence-corrected chi connectivity index (χ0v) is 17.3. The van der Waals surface area contributed by atoms with E-state index < -0.39 is 5.97 Å². The van der Waals surface area contributed by atoms with Crippen LogP contribution in [0.2, 0.25) is 0 Å². The van der Waals surface area contributed by atoms with Gasteiger partial charge in [0.15, 0.2) is 0 Å². The van der Waals surface area contributed by atoms with Crippen LogP contribution in [-0.4, -0.2) is 44.6 Å². The van der Waals surface area contributed by atoms with Crippen molar-refractivity contribution in [3.05, 3.63) is 14.5 Å². The number of H-pyrrole nitrogens is 1. The highest BCUT2D eigenvalue weighted by Gasteiger charge is 2.70. The molecule has 9 heteroatoms. The third-order valence-electron chi connectivity index (χ3n) is 7.25. The highest BCUT2D eigenvalue weighted by molar-refractivity contribution is 8.00. The number of nitrogens with zero attached hydrogens (tertiary/aromatic N) is 1. The number of aliphatic carboxylic acids is 1. The van der Waals surface area contributed by atoms with Crippen LogP contribution < -0.4 is 4.87 Å². The maximum absolute atomic E-state index is 13.1. The average Bonchev–Trinajstić information content (AvgIpc) is 3.32. The summed E-state index contributed by atoms with van der Waals surface area (Å²) in [5, 5.41) is 10.0. The normalized spacial score (nSPS) is 37.1. The Morgan fingerprint density at radius 3 is 2.57 bits per heavy atom. The third-order valence-corrected chi connectivity index (χ3v) is 10.1. The third kappa shape index (κ3) is 2.29. The van der Waals surface area contributed by atoms with Crippen molar-refractivity contribution in [2.75, 3.05) is 6.54 Å². The number of nitrogens with one attached hydrogen (secondary N) is 1. The predicted octanol–water partition coefficient (Wildman–Crippen LogP) is 1.92. The molecular weight excluding hydrogens is 400 g/mol. The highest BCUT2D eigenvalue weighted by Crippen LogP contribution is 2.68. The number of fused-ring (bicyclic) bond motifs is 9. The molecular formula is C19H22N2O5S2. The fraction of sp³-hybridized carbons (Fsp3) is 0.684. The molecule has 2 bridgehead atoms. The molecule has 0 radical (unpaired) electrons. The van der Waals surface area contributed by atoms with Crippen LogP contribution in [0.4, 0.5) is 0 Å². The lowest BCUT2D eigenvalue weighted by atomic mass is 9.64. The molecule has 0 unspecified atom stereocenters. The van der Waals surface area contributed by atoms with Crippen LogP contribution in [0, 0.1) is 29.6 Å². The molecule has 150 valence electrons. The summed E-state index contributed by atoms with van der Waals surface area (Å²) in [4.78, 5) is 54.2. The minimum atomic E-state index is -0.913. The first kappa shape index (κ1) is 18.4. The number of carboxylic acid groups (broad SMARTS) is 1. The molecule has 7 nitrogen and oxygen atoms in total. The molecule has 1 aromatic rings. The van der Waals surface area contributed by atoms with Crippen LogP contribution >= 0.6 is 23.1 Å². The number of rotatable bonds is 4. The van der Waals surface area contributed by atoms with E-state index in [4.69, 9.17) is 5.11 Å². The summed E-state index contributed by atoms with van der Waals surface area (Å²) in [5.74, 6) is -1.15. The summed E-state index contributed by atoms with van der Waals surface area (Å²) in [6.07, 6.45) is 1.15. The van der Waals surface area contributed by atoms with Crippen molar-refractivity contribution < 1.29 is 19.5 Å². The van der Waals surface area contributed by atoms with Crippen LogP contribution in [0.3, 0.4) is 0 Å². The molecule has 6 atom stereocenters. The monoisotopic (exact) mass is 422 g/mol. The first-order valence-corrected chi connectivity index (χ1v) is 11.4. The molecule has 4 aliphatic rings. The van der Waals surface area contributed by atoms with Crippen molar-refractivity contribution in [1.29, 1.82) is 0 Å². The van der Waals surface area contributed by atoms with Gasteiger partial charge in [0.2, 0.25) is 11.8 Å². The van der Waals surface area contributed by atoms with Crippen LogP contribution in [0.5, 0.6) is 0 Å². The standard InChI is InChI=1S/C19H22N2O5S2/c1-19(2)12-7-6-8(13(12)27-15-14(19)28-18(26)20-15)11-10(7)16(24)21(17(11)25)5-3-4-9(22)23/h7-8,10-13H,3-6H2,1-2H3,(H,20,26)(H,22,23)/t7-,8-,10-,11-,12+,13+/m0/s1. The van der Waals surface area contributed by atoms with Gasteiger partial charge in [0.25, 0.3) is 0 Å². The second kappa shape index (κ2) is 5.95. The molecule has 2 aliphatic carbocycles. The zero-order chi connectivity index (χ0) is 20.0. The van der Waals surface area contributed by atoms with Crippen molar-refractivity contribution in [1.82, 2.24) is 9.88 Å². The second-order valence-corrected chi connectivity index (χ2v) is 11.1. The first-order chi connectivity index (χ1) is 13.2. The Kier molecular flexibility index (Phi) is 3.91. The maximum Gasteiger partial charge on any atom is 0.305 e. The lowest BCUT2D eigenvalue weighted by Crippen LogP contribution is -2.48. The molecule has 1 aromatic heterocycles. The number of imide groups is 1. The van der Waals surface area contributed by atoms with Gasteiger partial charge in [-0.05, 0) is 30.6 Å². The average molecular weight is 423 g/mol. The minimum Gasteiger partial charge on any atom is -0.481 e. The molecule has 3 fully saturated rings. The summed E-state index contributed by atoms with van der Waals surface area (Å²) >= 11 is 2.95. The van der Waals surface area contributed by atoms with Gasteiger partial charge in [0.05, 0.1) is 16.9 Å². The van der Waals surface area contributed by atoms with Crippen molar-refractivity contribution in [3.8, 4) is 0 Å². The van der Waals surface area contributed by atoms with E-state index in [9.17, 15) is 19.2 Å². The smallest absolute Gasteiger partial charge is 0.305 e. The largest absolute Gasteiger partial charge is 0.481 e. The highest BCUT2D eigenvalue weighted by atomic mass is 32.2. The number of amides is 2. The Hall–Kier alpha value is -1.61. The zero-order valence-electron chi connectivity index (χ0n) is 15.6. The van der Waals surface area contributed by atoms with Crippen molar-refractivity contribution in [2.45, 2.75) is 48.8 Å². The van der Waals surface area contributed by atoms with Gasteiger partial charge in [0.1, 0.15) is 0 Å². The van der Waals surface area contributed by atoms with Crippen LogP contribution in [0.15, 0.2) is 9.82 Å². The Bertz CT molecular complexity index is 950. The summed E-state index contributed by atoms with van der Waals surface area (Å²) in [5.41, 5.74) is -0.209. The quantitative estimate of drug-likeness (QED) is 0.718. The fourth-order valence-electron chi connectivity index (χ4n) is 6.32. The van der Waals surface area contributed by atoms with E-state index >= 15 is 0 Å². The SMILES string of the molecule is CC1(C)c2sc(=O)[nH]c2S[C@@H]2[C@H]3C[C@@H]([C@@H]4C(=O)N(CCCC(=O)O)C(=O)[C@@H]34)[C@H]21. The molecule has 0 spiro atoms. The summed E-state index contributed by atoms with van der Waals surface area (Å²) in [6.45, 7) is 4.52. The molecule has 2 amide bonds. The van der Waals surface area contributed by atoms with Gasteiger partial charge in [-0.3, -0.25) is 24.1 Å². The van der Waals surface area contributed by atoms with Crippen LogP contribution in [0.1, 0.15) is 38.0 Å². The number of carboxylic acids is 1. The van der Waals surface area contributed by atoms with Crippen molar-refractivity contribution in [2.24, 2.45) is 29.6 Å². The van der Waals surface area contributed by atoms with Crippen molar-refractivity contribution >= 4 is 40.9 Å². The summed E-state index contributed by atoms with van der Waals surface area (Å²) in [7, 11) is 0. The second-order valence-electron chi connectivity index (χ2n) is 8.94. The van der Waals surface area contributed by atoms with Gasteiger partial charge in [-0.2, -0.15) is 0 Å². The molecule has 3 heterocycles. The number of aromatic amines is 1. The molecule has 2 aliphatic heterocycles. The fourth-order valence-corrected chi connectivity index (χ4v) is 9.48. The number of thiazole rings is 1. The Morgan fingerprint density at radius 2 is 1.89 bits per heavy atom. The van der Waals surface area contributed by atoms with E-state index in [1.165, 1.54) is 16.2 Å².